The molecule has 2 nitrogen and oxygen atoms in total. The van der Waals surface area contributed by atoms with E-state index in [0.29, 0.717) is 23.1 Å². The van der Waals surface area contributed by atoms with Gasteiger partial charge in [-0.05, 0) is 23.8 Å². The monoisotopic (exact) mass is 390 g/mol. The minimum atomic E-state index is -3.71. The molecule has 116 valence electrons. The van der Waals surface area contributed by atoms with Crippen molar-refractivity contribution in [3.63, 3.8) is 0 Å². The average molecular weight is 391 g/mol. The largest absolute Gasteiger partial charge is 0.224 e. The molecule has 0 atom stereocenters. The van der Waals surface area contributed by atoms with Crippen LogP contribution in [0.15, 0.2) is 46.3 Å². The van der Waals surface area contributed by atoms with Gasteiger partial charge < -0.3 is 0 Å². The van der Waals surface area contributed by atoms with Gasteiger partial charge in [0.05, 0.1) is 5.75 Å². The highest BCUT2D eigenvalue weighted by Crippen LogP contribution is 2.18. The van der Waals surface area contributed by atoms with Crippen LogP contribution < -0.4 is 0 Å². The Bertz CT molecular complexity index is 792. The Labute approximate surface area is 134 Å². The van der Waals surface area contributed by atoms with Crippen molar-refractivity contribution in [2.45, 2.75) is 5.75 Å². The highest BCUT2D eigenvalue weighted by molar-refractivity contribution is 9.10. The molecule has 0 fully saturated rings. The van der Waals surface area contributed by atoms with E-state index in [2.05, 4.69) is 15.9 Å². The van der Waals surface area contributed by atoms with E-state index in [1.54, 1.807) is 24.3 Å². The molecule has 0 N–H and O–H groups in total. The minimum absolute atomic E-state index is 0.304. The Balaban J connectivity index is 2.23. The van der Waals surface area contributed by atoms with Gasteiger partial charge in [0.25, 0.3) is 0 Å². The van der Waals surface area contributed by atoms with E-state index in [1.165, 1.54) is 0 Å². The van der Waals surface area contributed by atoms with Crippen molar-refractivity contribution >= 4 is 31.8 Å². The second-order valence-electron chi connectivity index (χ2n) is 4.52. The summed E-state index contributed by atoms with van der Waals surface area (Å²) >= 11 is 3.23. The van der Waals surface area contributed by atoms with Crippen molar-refractivity contribution in [3.05, 3.63) is 74.9 Å². The molecule has 0 saturated carbocycles. The van der Waals surface area contributed by atoms with Crippen LogP contribution in [0.1, 0.15) is 11.1 Å². The smallest absolute Gasteiger partial charge is 0.175 e. The summed E-state index contributed by atoms with van der Waals surface area (Å²) < 4.78 is 64.3. The summed E-state index contributed by atoms with van der Waals surface area (Å²) in [6.07, 6.45) is 0.790. The maximum Gasteiger partial charge on any atom is 0.175 e. The fraction of sp³-hybridized carbons (Fsp3) is 0.0667. The molecule has 0 amide bonds. The third-order valence-corrected chi connectivity index (χ3v) is 4.58. The summed E-state index contributed by atoms with van der Waals surface area (Å²) in [7, 11) is -3.71. The van der Waals surface area contributed by atoms with Gasteiger partial charge in [-0.15, -0.1) is 0 Å². The van der Waals surface area contributed by atoms with Crippen LogP contribution in [0.2, 0.25) is 0 Å². The van der Waals surface area contributed by atoms with Crippen LogP contribution in [0.3, 0.4) is 0 Å². The minimum Gasteiger partial charge on any atom is -0.224 e. The zero-order valence-corrected chi connectivity index (χ0v) is 13.5. The summed E-state index contributed by atoms with van der Waals surface area (Å²) in [5.41, 5.74) is -0.0614. The lowest BCUT2D eigenvalue weighted by Gasteiger charge is -2.02. The SMILES string of the molecule is O=S(=O)(C=Cc1c(F)cc(F)cc1F)Cc1ccc(Br)cc1. The zero-order valence-electron chi connectivity index (χ0n) is 11.1. The molecule has 0 saturated heterocycles. The lowest BCUT2D eigenvalue weighted by atomic mass is 10.2. The highest BCUT2D eigenvalue weighted by Gasteiger charge is 2.12. The number of rotatable bonds is 4. The van der Waals surface area contributed by atoms with Gasteiger partial charge in [-0.1, -0.05) is 28.1 Å². The molecule has 0 aliphatic carbocycles. The molecule has 7 heteroatoms. The lowest BCUT2D eigenvalue weighted by Crippen LogP contribution is -2.00. The van der Waals surface area contributed by atoms with Gasteiger partial charge >= 0.3 is 0 Å². The number of hydrogen-bond donors (Lipinski definition) is 0. The summed E-state index contributed by atoms with van der Waals surface area (Å²) in [6, 6.07) is 7.60. The molecule has 22 heavy (non-hydrogen) atoms. The van der Waals surface area contributed by atoms with E-state index in [-0.39, 0.29) is 5.75 Å². The van der Waals surface area contributed by atoms with Crippen LogP contribution in [-0.2, 0) is 15.6 Å². The van der Waals surface area contributed by atoms with E-state index in [0.717, 1.165) is 10.5 Å². The first-order chi connectivity index (χ1) is 10.3. The van der Waals surface area contributed by atoms with Crippen LogP contribution in [0.5, 0.6) is 0 Å². The Kier molecular flexibility index (Phi) is 5.08. The van der Waals surface area contributed by atoms with E-state index in [1.807, 2.05) is 0 Å². The maximum absolute atomic E-state index is 13.4. The van der Waals surface area contributed by atoms with Gasteiger partial charge in [0.1, 0.15) is 17.5 Å². The predicted octanol–water partition coefficient (Wildman–Crippen LogP) is 4.45. The molecule has 0 aliphatic rings. The Morgan fingerprint density at radius 3 is 2.09 bits per heavy atom. The van der Waals surface area contributed by atoms with Crippen LogP contribution in [0, 0.1) is 17.5 Å². The molecular weight excluding hydrogens is 381 g/mol. The fourth-order valence-corrected chi connectivity index (χ4v) is 3.11. The normalized spacial score (nSPS) is 12.0. The summed E-state index contributed by atoms with van der Waals surface area (Å²) in [5, 5.41) is 0.717. The van der Waals surface area contributed by atoms with Gasteiger partial charge in [-0.25, -0.2) is 21.6 Å². The van der Waals surface area contributed by atoms with Crippen molar-refractivity contribution in [1.82, 2.24) is 0 Å². The molecule has 0 radical (unpaired) electrons. The van der Waals surface area contributed by atoms with Crippen LogP contribution in [-0.4, -0.2) is 8.42 Å². The van der Waals surface area contributed by atoms with E-state index < -0.39 is 32.9 Å². The molecular formula is C15H10BrF3O2S. The Morgan fingerprint density at radius 1 is 1.00 bits per heavy atom. The van der Waals surface area contributed by atoms with E-state index >= 15 is 0 Å². The summed E-state index contributed by atoms with van der Waals surface area (Å²) in [4.78, 5) is 0. The number of sulfone groups is 1. The van der Waals surface area contributed by atoms with Gasteiger partial charge in [0.15, 0.2) is 9.84 Å². The molecule has 2 rings (SSSR count). The summed E-state index contributed by atoms with van der Waals surface area (Å²) in [6.45, 7) is 0. The number of hydrogen-bond acceptors (Lipinski definition) is 2. The first-order valence-electron chi connectivity index (χ1n) is 6.07. The molecule has 0 spiro atoms. The topological polar surface area (TPSA) is 34.1 Å². The summed E-state index contributed by atoms with van der Waals surface area (Å²) in [5.74, 6) is -3.69. The lowest BCUT2D eigenvalue weighted by molar-refractivity contribution is 0.540. The zero-order chi connectivity index (χ0) is 16.3. The van der Waals surface area contributed by atoms with Crippen LogP contribution in [0.4, 0.5) is 13.2 Å². The van der Waals surface area contributed by atoms with Gasteiger partial charge in [0.2, 0.25) is 0 Å². The van der Waals surface area contributed by atoms with Crippen molar-refractivity contribution in [2.75, 3.05) is 0 Å². The third-order valence-electron chi connectivity index (χ3n) is 2.77. The Hall–Kier alpha value is -1.60. The molecule has 2 aromatic carbocycles. The van der Waals surface area contributed by atoms with Crippen molar-refractivity contribution in [2.24, 2.45) is 0 Å². The van der Waals surface area contributed by atoms with Crippen LogP contribution >= 0.6 is 15.9 Å². The molecule has 0 heterocycles. The molecule has 0 aliphatic heterocycles. The molecule has 0 bridgehead atoms. The van der Waals surface area contributed by atoms with E-state index in [4.69, 9.17) is 0 Å². The highest BCUT2D eigenvalue weighted by atomic mass is 79.9. The number of benzene rings is 2. The fourth-order valence-electron chi connectivity index (χ4n) is 1.75. The first kappa shape index (κ1) is 16.8. The second kappa shape index (κ2) is 6.66. The molecule has 0 unspecified atom stereocenters. The number of halogens is 4. The van der Waals surface area contributed by atoms with E-state index in [9.17, 15) is 21.6 Å². The molecule has 2 aromatic rings. The Morgan fingerprint density at radius 2 is 1.55 bits per heavy atom. The predicted molar refractivity (Wildman–Crippen MR) is 82.1 cm³/mol. The second-order valence-corrected chi connectivity index (χ2v) is 7.32. The first-order valence-corrected chi connectivity index (χ1v) is 8.57. The van der Waals surface area contributed by atoms with Crippen molar-refractivity contribution < 1.29 is 21.6 Å². The van der Waals surface area contributed by atoms with Crippen molar-refractivity contribution in [1.29, 1.82) is 0 Å². The van der Waals surface area contributed by atoms with Crippen molar-refractivity contribution in [3.8, 4) is 0 Å². The standard InChI is InChI=1S/C15H10BrF3O2S/c16-11-3-1-10(2-4-11)9-22(20,21)6-5-13-14(18)7-12(17)8-15(13)19/h1-8H,9H2. The quantitative estimate of drug-likeness (QED) is 0.772. The van der Waals surface area contributed by atoms with Gasteiger partial charge in [-0.2, -0.15) is 0 Å². The average Bonchev–Trinajstić information content (AvgIpc) is 2.40. The molecule has 0 aromatic heterocycles. The third kappa shape index (κ3) is 4.45. The van der Waals surface area contributed by atoms with Crippen LogP contribution in [0.25, 0.3) is 6.08 Å². The maximum atomic E-state index is 13.4. The van der Waals surface area contributed by atoms with Gasteiger partial charge in [0, 0.05) is 27.6 Å². The van der Waals surface area contributed by atoms with Gasteiger partial charge in [-0.3, -0.25) is 0 Å².